The van der Waals surface area contributed by atoms with Gasteiger partial charge in [-0.15, -0.1) is 11.8 Å². The summed E-state index contributed by atoms with van der Waals surface area (Å²) < 4.78 is 70.5. The minimum Gasteiger partial charge on any atom is -0.746 e. The van der Waals surface area contributed by atoms with Gasteiger partial charge in [-0.3, -0.25) is 19.2 Å². The Bertz CT molecular complexity index is 1250. The molecule has 15 heteroatoms. The number of esters is 2. The fourth-order valence-electron chi connectivity index (χ4n) is 8.32. The van der Waals surface area contributed by atoms with E-state index in [2.05, 4.69) is 4.74 Å². The predicted octanol–water partition coefficient (Wildman–Crippen LogP) is 1.88. The summed E-state index contributed by atoms with van der Waals surface area (Å²) >= 11 is 1.26. The van der Waals surface area contributed by atoms with E-state index in [4.69, 9.17) is 4.74 Å². The van der Waals surface area contributed by atoms with E-state index in [1.807, 2.05) is 0 Å². The van der Waals surface area contributed by atoms with E-state index in [0.29, 0.717) is 19.3 Å². The van der Waals surface area contributed by atoms with E-state index in [-0.39, 0.29) is 23.5 Å². The van der Waals surface area contributed by atoms with Gasteiger partial charge in [-0.05, 0) is 58.8 Å². The molecule has 7 fully saturated rings. The molecule has 8 atom stereocenters. The van der Waals surface area contributed by atoms with Crippen LogP contribution in [0.4, 0.5) is 8.78 Å². The fourth-order valence-corrected chi connectivity index (χ4v) is 10.6. The molecule has 6 bridgehead atoms. The van der Waals surface area contributed by atoms with Crippen molar-refractivity contribution in [3.05, 3.63) is 6.61 Å². The number of hydrogen-bond donors (Lipinski definition) is 0. The van der Waals surface area contributed by atoms with Crippen LogP contribution in [0, 0.1) is 41.6 Å². The van der Waals surface area contributed by atoms with Crippen molar-refractivity contribution in [1.82, 2.24) is 4.90 Å². The zero-order chi connectivity index (χ0) is 28.4. The topological polar surface area (TPSA) is 147 Å². The van der Waals surface area contributed by atoms with Crippen LogP contribution in [0.1, 0.15) is 52.9 Å². The number of halogens is 2. The second-order valence-electron chi connectivity index (χ2n) is 13.0. The minimum atomic E-state index is -6.12. The molecule has 0 aromatic carbocycles. The van der Waals surface area contributed by atoms with Crippen LogP contribution in [-0.4, -0.2) is 74.9 Å². The summed E-state index contributed by atoms with van der Waals surface area (Å²) in [6, 6.07) is -0.548. The first-order valence-electron chi connectivity index (χ1n) is 13.1. The van der Waals surface area contributed by atoms with Gasteiger partial charge in [-0.2, -0.15) is 0 Å². The second kappa shape index (κ2) is 8.60. The van der Waals surface area contributed by atoms with E-state index in [1.54, 1.807) is 25.7 Å². The van der Waals surface area contributed by atoms with Crippen LogP contribution in [-0.2, 0) is 38.8 Å². The van der Waals surface area contributed by atoms with Crippen LogP contribution in [0.2, 0.25) is 0 Å². The van der Waals surface area contributed by atoms with Crippen LogP contribution in [0.15, 0.2) is 0 Å². The summed E-state index contributed by atoms with van der Waals surface area (Å²) in [5, 5.41) is -6.22. The van der Waals surface area contributed by atoms with E-state index in [9.17, 15) is 40.9 Å². The van der Waals surface area contributed by atoms with Gasteiger partial charge >= 0.3 is 5.97 Å². The number of alkyl halides is 2. The summed E-state index contributed by atoms with van der Waals surface area (Å²) in [4.78, 5) is 54.6. The Morgan fingerprint density at radius 3 is 2.25 bits per heavy atom. The van der Waals surface area contributed by atoms with E-state index in [0.717, 1.165) is 12.8 Å². The van der Waals surface area contributed by atoms with Gasteiger partial charge in [0.15, 0.2) is 0 Å². The van der Waals surface area contributed by atoms with Crippen molar-refractivity contribution in [2.24, 2.45) is 35.0 Å². The number of carbonyl (C=O) groups is 4. The van der Waals surface area contributed by atoms with Gasteiger partial charge in [-0.1, -0.05) is 6.61 Å². The Morgan fingerprint density at radius 2 is 1.70 bits per heavy atom. The maximum atomic E-state index is 13.8. The molecule has 7 aliphatic rings. The molecular formula is C25H29F2NO9RfS2-2. The van der Waals surface area contributed by atoms with Gasteiger partial charge in [0.2, 0.25) is 5.91 Å². The van der Waals surface area contributed by atoms with Gasteiger partial charge in [0.25, 0.3) is 11.2 Å². The van der Waals surface area contributed by atoms with Gasteiger partial charge in [0, 0.05) is 22.6 Å². The smallest absolute Gasteiger partial charge is 0.312 e. The first-order valence-corrected chi connectivity index (χ1v) is 15.4. The zero-order valence-electron chi connectivity index (χ0n) is 22.2. The average molecular weight is 857 g/mol. The van der Waals surface area contributed by atoms with Crippen molar-refractivity contribution in [1.29, 1.82) is 0 Å². The van der Waals surface area contributed by atoms with E-state index < -0.39 is 85.3 Å². The Hall–Kier alpha value is -2.80. The largest absolute Gasteiger partial charge is 0.746 e. The molecule has 0 aromatic rings. The average Bonchev–Trinajstić information content (AvgIpc) is 3.42. The van der Waals surface area contributed by atoms with Crippen LogP contribution < -0.4 is 0 Å². The number of ketones is 1. The SMILES string of the molecule is CC(C)(C)N1C(=O)C2C3SC(C(OC(=O)C45CC6CC(C4)C(=O)C(C6)C5)C31)C2C(=O)O[CH-]C(F)(F)S(=O)(=O)[O-].[Rf]. The van der Waals surface area contributed by atoms with E-state index in [1.165, 1.54) is 11.8 Å². The third kappa shape index (κ3) is 3.87. The Kier molecular flexibility index (Phi) is 6.18. The second-order valence-corrected chi connectivity index (χ2v) is 15.8. The number of thioether (sulfide) groups is 1. The summed E-state index contributed by atoms with van der Waals surface area (Å²) in [6.07, 6.45) is 2.08. The fraction of sp³-hybridized carbons (Fsp3) is 0.800. The van der Waals surface area contributed by atoms with Crippen LogP contribution in [0.25, 0.3) is 0 Å². The standard InChI is InChI=1S/C25H30F2NO9S2.Rf/c1-23(2,3)28-15-17(37-22(32)24-6-10-4-11(7-24)16(29)12(5-10)8-24)19-14(13(20(28)30)18(15)38-19)21(31)36-9-25(26,27)39(33,34)35;/h9-15,17-19H,4-8H2,1-3H3,(H,33,34,35);/q-1;/p-1. The summed E-state index contributed by atoms with van der Waals surface area (Å²) in [5.41, 5.74) is -1.52. The molecule has 3 aliphatic heterocycles. The number of Topliss-reactive ketones (excluding diaryl/α,β-unsaturated/α-hetero) is 1. The quantitative estimate of drug-likeness (QED) is 0.221. The Labute approximate surface area is 228 Å². The van der Waals surface area contributed by atoms with Crippen molar-refractivity contribution in [2.45, 2.75) is 86.3 Å². The summed E-state index contributed by atoms with van der Waals surface area (Å²) in [6.45, 7) is 4.80. The number of ether oxygens (including phenoxy) is 2. The van der Waals surface area contributed by atoms with Crippen LogP contribution in [0.3, 0.4) is 0 Å². The Balaban J connectivity index is 0.00000323. The van der Waals surface area contributed by atoms with Gasteiger partial charge < -0.3 is 18.9 Å². The van der Waals surface area contributed by atoms with Crippen molar-refractivity contribution >= 4 is 45.5 Å². The maximum Gasteiger partial charge on any atom is 0.312 e. The third-order valence-electron chi connectivity index (χ3n) is 9.54. The molecule has 3 saturated heterocycles. The predicted molar refractivity (Wildman–Crippen MR) is 128 cm³/mol. The molecule has 40 heavy (non-hydrogen) atoms. The third-order valence-corrected chi connectivity index (χ3v) is 12.1. The molecule has 8 unspecified atom stereocenters. The molecule has 0 spiro atoms. The monoisotopic (exact) mass is 856 g/mol. The van der Waals surface area contributed by atoms with Gasteiger partial charge in [-0.25, -0.2) is 17.2 Å². The molecular weight excluding hydrogens is 827 g/mol. The summed E-state index contributed by atoms with van der Waals surface area (Å²) in [5.74, 6) is -4.23. The molecule has 0 aromatic heterocycles. The van der Waals surface area contributed by atoms with Gasteiger partial charge in [0.05, 0.1) is 28.5 Å². The summed E-state index contributed by atoms with van der Waals surface area (Å²) in [7, 11) is -6.12. The first kappa shape index (κ1) is 28.7. The number of nitrogens with zero attached hydrogens (tertiary/aromatic N) is 1. The van der Waals surface area contributed by atoms with Crippen molar-refractivity contribution in [3.8, 4) is 0 Å². The number of hydrogen-bond acceptors (Lipinski definition) is 10. The number of likely N-dealkylation sites (tertiary alicyclic amines) is 1. The van der Waals surface area contributed by atoms with Crippen LogP contribution in [0.5, 0.6) is 0 Å². The van der Waals surface area contributed by atoms with Crippen molar-refractivity contribution < 1.29 is 50.4 Å². The molecule has 4 saturated carbocycles. The first-order chi connectivity index (χ1) is 17.9. The number of rotatable bonds is 6. The number of carbonyl (C=O) groups excluding carboxylic acids is 4. The van der Waals surface area contributed by atoms with Gasteiger partial charge in [0.1, 0.15) is 22.0 Å². The molecule has 218 valence electrons. The Morgan fingerprint density at radius 1 is 1.10 bits per heavy atom. The maximum absolute atomic E-state index is 13.8. The molecule has 4 aliphatic carbocycles. The zero-order valence-corrected chi connectivity index (χ0v) is 30.2. The minimum absolute atomic E-state index is 0. The normalized spacial score (nSPS) is 41.4. The molecule has 7 rings (SSSR count). The molecule has 3 heterocycles. The molecule has 0 N–H and O–H groups in total. The molecule has 1 amide bonds. The van der Waals surface area contributed by atoms with Crippen LogP contribution >= 0.6 is 11.8 Å². The number of amides is 1. The van der Waals surface area contributed by atoms with Crippen molar-refractivity contribution in [2.75, 3.05) is 0 Å². The molecule has 10 nitrogen and oxygen atoms in total. The number of fused-ring (bicyclic) bond motifs is 1. The van der Waals surface area contributed by atoms with Crippen molar-refractivity contribution in [3.63, 3.8) is 0 Å². The molecule has 0 radical (unpaired) electrons. The van der Waals surface area contributed by atoms with E-state index >= 15 is 0 Å².